The Labute approximate surface area is 109 Å². The summed E-state index contributed by atoms with van der Waals surface area (Å²) in [4.78, 5) is 2.42. The van der Waals surface area contributed by atoms with Gasteiger partial charge in [0.15, 0.2) is 9.84 Å². The first-order chi connectivity index (χ1) is 8.24. The molecule has 1 saturated carbocycles. The van der Waals surface area contributed by atoms with Crippen molar-refractivity contribution in [2.45, 2.75) is 64.2 Å². The van der Waals surface area contributed by atoms with E-state index in [2.05, 4.69) is 35.0 Å². The Morgan fingerprint density at radius 3 is 2.47 bits per heavy atom. The fraction of sp³-hybridized carbons (Fsp3) is 1.00. The van der Waals surface area contributed by atoms with Crippen molar-refractivity contribution in [3.63, 3.8) is 0 Å². The predicted molar refractivity (Wildman–Crippen MR) is 76.3 cm³/mol. The molecule has 0 aromatic carbocycles. The van der Waals surface area contributed by atoms with Gasteiger partial charge in [-0.2, -0.15) is 0 Å². The molecule has 17 heavy (non-hydrogen) atoms. The fourth-order valence-corrected chi connectivity index (χ4v) is 5.82. The molecule has 4 heteroatoms. The number of unbranched alkanes of at least 4 members (excludes halogenated alkanes) is 1. The van der Waals surface area contributed by atoms with E-state index in [0.29, 0.717) is 6.29 Å². The Hall–Kier alpha value is 0.0969. The van der Waals surface area contributed by atoms with Gasteiger partial charge in [0.2, 0.25) is 0 Å². The summed E-state index contributed by atoms with van der Waals surface area (Å²) >= 11 is 0. The summed E-state index contributed by atoms with van der Waals surface area (Å²) < 4.78 is 5.62. The van der Waals surface area contributed by atoms with Gasteiger partial charge >= 0.3 is 0 Å². The summed E-state index contributed by atoms with van der Waals surface area (Å²) in [5.41, 5.74) is 0. The van der Waals surface area contributed by atoms with Crippen LogP contribution in [0.4, 0.5) is 0 Å². The summed E-state index contributed by atoms with van der Waals surface area (Å²) in [5, 5.41) is 0. The summed E-state index contributed by atoms with van der Waals surface area (Å²) in [6.07, 6.45) is 10.6. The Morgan fingerprint density at radius 2 is 1.88 bits per heavy atom. The summed E-state index contributed by atoms with van der Waals surface area (Å²) in [5.74, 6) is 0. The largest absolute Gasteiger partial charge is 0.289 e. The van der Waals surface area contributed by atoms with Crippen molar-refractivity contribution < 1.29 is 0 Å². The van der Waals surface area contributed by atoms with E-state index < -0.39 is 0 Å². The van der Waals surface area contributed by atoms with Crippen LogP contribution in [-0.4, -0.2) is 56.8 Å². The lowest BCUT2D eigenvalue weighted by molar-refractivity contribution is -0.0453. The molecule has 1 aliphatic heterocycles. The number of hydrogen-bond acceptors (Lipinski definition) is 3. The second-order valence-electron chi connectivity index (χ2n) is 5.92. The lowest BCUT2D eigenvalue weighted by atomic mass is 9.95. The Morgan fingerprint density at radius 1 is 1.18 bits per heavy atom. The van der Waals surface area contributed by atoms with E-state index in [4.69, 9.17) is 0 Å². The van der Waals surface area contributed by atoms with E-state index in [0.717, 1.165) is 6.04 Å². The predicted octanol–water partition coefficient (Wildman–Crippen LogP) is 1.58. The molecule has 2 rings (SSSR count). The maximum absolute atomic E-state index is 2.86. The lowest BCUT2D eigenvalue weighted by Crippen LogP contribution is -2.74. The molecular formula is C13H29N3Si. The molecule has 1 heterocycles. The molecule has 1 atom stereocenters. The van der Waals surface area contributed by atoms with Crippen molar-refractivity contribution >= 4 is 9.84 Å². The molecule has 2 aliphatic rings. The second kappa shape index (κ2) is 6.32. The van der Waals surface area contributed by atoms with Gasteiger partial charge in [-0.3, -0.25) is 14.0 Å². The minimum atomic E-state index is -0.0975. The molecule has 0 aromatic rings. The fourth-order valence-electron chi connectivity index (χ4n) is 3.36. The van der Waals surface area contributed by atoms with Gasteiger partial charge in [0, 0.05) is 6.04 Å². The van der Waals surface area contributed by atoms with E-state index >= 15 is 0 Å². The average molecular weight is 255 g/mol. The monoisotopic (exact) mass is 255 g/mol. The molecule has 1 aliphatic carbocycles. The molecule has 0 bridgehead atoms. The highest BCUT2D eigenvalue weighted by atomic mass is 28.2. The van der Waals surface area contributed by atoms with Crippen LogP contribution >= 0.6 is 0 Å². The zero-order valence-corrected chi connectivity index (χ0v) is 13.3. The first-order valence-corrected chi connectivity index (χ1v) is 8.66. The van der Waals surface area contributed by atoms with Crippen molar-refractivity contribution in [3.05, 3.63) is 0 Å². The number of rotatable bonds is 5. The van der Waals surface area contributed by atoms with Crippen molar-refractivity contribution in [3.8, 4) is 0 Å². The zero-order valence-electron chi connectivity index (χ0n) is 11.9. The topological polar surface area (TPSA) is 9.72 Å². The van der Waals surface area contributed by atoms with Crippen LogP contribution in [0.25, 0.3) is 0 Å². The molecule has 0 amide bonds. The maximum atomic E-state index is 2.86. The smallest absolute Gasteiger partial charge is 0.177 e. The zero-order chi connectivity index (χ0) is 12.3. The molecule has 0 N–H and O–H groups in total. The van der Waals surface area contributed by atoms with Crippen molar-refractivity contribution in [1.29, 1.82) is 0 Å². The third-order valence-electron chi connectivity index (χ3n) is 4.27. The van der Waals surface area contributed by atoms with E-state index in [-0.39, 0.29) is 9.84 Å². The van der Waals surface area contributed by atoms with Crippen molar-refractivity contribution in [2.75, 3.05) is 20.6 Å². The minimum absolute atomic E-state index is 0.0975. The van der Waals surface area contributed by atoms with Crippen LogP contribution in [0, 0.1) is 0 Å². The molecule has 2 fully saturated rings. The normalized spacial score (nSPS) is 30.0. The SMILES string of the molecule is CCCCN1[SiH2]N(C2CCCCC2)C1N(C)C. The molecule has 0 radical (unpaired) electrons. The Kier molecular flexibility index (Phi) is 5.03. The Balaban J connectivity index is 1.86. The first kappa shape index (κ1) is 13.5. The van der Waals surface area contributed by atoms with Gasteiger partial charge in [-0.05, 0) is 39.9 Å². The molecule has 0 aromatic heterocycles. The average Bonchev–Trinajstić information content (AvgIpc) is 2.28. The first-order valence-electron chi connectivity index (χ1n) is 7.40. The summed E-state index contributed by atoms with van der Waals surface area (Å²) in [7, 11) is 4.39. The third-order valence-corrected chi connectivity index (χ3v) is 6.45. The maximum Gasteiger partial charge on any atom is 0.177 e. The number of nitrogens with zero attached hydrogens (tertiary/aromatic N) is 3. The quantitative estimate of drug-likeness (QED) is 0.691. The third kappa shape index (κ3) is 3.11. The molecule has 1 saturated heterocycles. The molecule has 3 nitrogen and oxygen atoms in total. The van der Waals surface area contributed by atoms with Crippen molar-refractivity contribution in [2.24, 2.45) is 0 Å². The van der Waals surface area contributed by atoms with Gasteiger partial charge in [0.05, 0.1) is 0 Å². The van der Waals surface area contributed by atoms with E-state index in [1.807, 2.05) is 0 Å². The van der Waals surface area contributed by atoms with Gasteiger partial charge in [0.25, 0.3) is 0 Å². The Bertz CT molecular complexity index is 229. The molecular weight excluding hydrogens is 226 g/mol. The minimum Gasteiger partial charge on any atom is -0.289 e. The standard InChI is InChI=1S/C13H29N3Si/c1-4-5-11-15-13(14(2)3)16(17-15)12-9-7-6-8-10-12/h12-13H,4-11,17H2,1-3H3. The van der Waals surface area contributed by atoms with Crippen LogP contribution in [0.2, 0.25) is 0 Å². The highest BCUT2D eigenvalue weighted by Gasteiger charge is 2.41. The van der Waals surface area contributed by atoms with Crippen LogP contribution in [0.3, 0.4) is 0 Å². The second-order valence-corrected chi connectivity index (χ2v) is 7.75. The van der Waals surface area contributed by atoms with Crippen molar-refractivity contribution in [1.82, 2.24) is 14.0 Å². The van der Waals surface area contributed by atoms with Gasteiger partial charge in [-0.15, -0.1) is 0 Å². The van der Waals surface area contributed by atoms with Gasteiger partial charge in [-0.25, -0.2) is 0 Å². The summed E-state index contributed by atoms with van der Waals surface area (Å²) in [6, 6.07) is 0.917. The highest BCUT2D eigenvalue weighted by molar-refractivity contribution is 6.32. The molecule has 0 spiro atoms. The van der Waals surface area contributed by atoms with Crippen LogP contribution in [-0.2, 0) is 0 Å². The van der Waals surface area contributed by atoms with Crippen LogP contribution < -0.4 is 0 Å². The van der Waals surface area contributed by atoms with Crippen LogP contribution in [0.5, 0.6) is 0 Å². The molecule has 1 unspecified atom stereocenters. The van der Waals surface area contributed by atoms with Gasteiger partial charge in [0.1, 0.15) is 6.29 Å². The number of hydrogen-bond donors (Lipinski definition) is 0. The van der Waals surface area contributed by atoms with E-state index in [1.54, 1.807) is 0 Å². The highest BCUT2D eigenvalue weighted by Crippen LogP contribution is 2.30. The van der Waals surface area contributed by atoms with Crippen LogP contribution in [0.1, 0.15) is 51.9 Å². The van der Waals surface area contributed by atoms with Gasteiger partial charge in [-0.1, -0.05) is 32.6 Å². The van der Waals surface area contributed by atoms with E-state index in [1.165, 1.54) is 51.5 Å². The van der Waals surface area contributed by atoms with Gasteiger partial charge < -0.3 is 0 Å². The van der Waals surface area contributed by atoms with E-state index in [9.17, 15) is 0 Å². The lowest BCUT2D eigenvalue weighted by Gasteiger charge is -2.57. The van der Waals surface area contributed by atoms with Crippen LogP contribution in [0.15, 0.2) is 0 Å². The summed E-state index contributed by atoms with van der Waals surface area (Å²) in [6.45, 7) is 3.62. The molecule has 100 valence electrons.